The molecule has 0 aliphatic heterocycles. The van der Waals surface area contributed by atoms with Crippen LogP contribution in [0.3, 0.4) is 0 Å². The lowest BCUT2D eigenvalue weighted by Gasteiger charge is -2.16. The molecular formula is C23H28N4O3. The van der Waals surface area contributed by atoms with Gasteiger partial charge in [0.2, 0.25) is 5.88 Å². The van der Waals surface area contributed by atoms with Crippen LogP contribution < -0.4 is 14.8 Å². The van der Waals surface area contributed by atoms with Gasteiger partial charge in [0, 0.05) is 23.9 Å². The average Bonchev–Trinajstić information content (AvgIpc) is 3.53. The number of methoxy groups -OCH3 is 1. The van der Waals surface area contributed by atoms with Crippen LogP contribution in [0.4, 0.5) is 0 Å². The maximum Gasteiger partial charge on any atom is 0.258 e. The number of amides is 1. The number of aromatic nitrogens is 3. The third kappa shape index (κ3) is 3.84. The molecule has 1 saturated carbocycles. The first-order valence-corrected chi connectivity index (χ1v) is 10.3. The molecule has 2 aromatic heterocycles. The quantitative estimate of drug-likeness (QED) is 0.645. The first-order chi connectivity index (χ1) is 14.4. The molecule has 0 radical (unpaired) electrons. The van der Waals surface area contributed by atoms with Crippen molar-refractivity contribution in [3.8, 4) is 11.6 Å². The molecule has 3 aromatic rings. The number of hydrogen-bond donors (Lipinski definition) is 1. The minimum atomic E-state index is -0.194. The topological polar surface area (TPSA) is 78.3 Å². The normalized spacial score (nSPS) is 14.6. The maximum atomic E-state index is 12.4. The van der Waals surface area contributed by atoms with Gasteiger partial charge in [0.1, 0.15) is 5.75 Å². The summed E-state index contributed by atoms with van der Waals surface area (Å²) in [5, 5.41) is 8.78. The van der Waals surface area contributed by atoms with E-state index in [2.05, 4.69) is 22.3 Å². The highest BCUT2D eigenvalue weighted by atomic mass is 16.5. The largest absolute Gasteiger partial charge is 0.497 e. The van der Waals surface area contributed by atoms with Crippen molar-refractivity contribution < 1.29 is 14.3 Å². The number of fused-ring (bicyclic) bond motifs is 1. The van der Waals surface area contributed by atoms with Crippen molar-refractivity contribution >= 4 is 16.9 Å². The Labute approximate surface area is 176 Å². The molecule has 1 aliphatic carbocycles. The van der Waals surface area contributed by atoms with Gasteiger partial charge < -0.3 is 14.8 Å². The first kappa shape index (κ1) is 20.2. The van der Waals surface area contributed by atoms with Crippen molar-refractivity contribution in [2.75, 3.05) is 13.7 Å². The fraction of sp³-hybridized carbons (Fsp3) is 0.435. The highest BCUT2D eigenvalue weighted by molar-refractivity contribution is 5.85. The number of rotatable bonds is 7. The van der Waals surface area contributed by atoms with Crippen LogP contribution in [-0.2, 0) is 11.8 Å². The zero-order valence-electron chi connectivity index (χ0n) is 18.2. The van der Waals surface area contributed by atoms with Crippen molar-refractivity contribution in [1.82, 2.24) is 20.1 Å². The van der Waals surface area contributed by atoms with E-state index in [-0.39, 0.29) is 18.6 Å². The number of pyridine rings is 1. The molecule has 0 saturated heterocycles. The zero-order valence-corrected chi connectivity index (χ0v) is 18.2. The lowest BCUT2D eigenvalue weighted by atomic mass is 10.1. The molecule has 1 aromatic carbocycles. The monoisotopic (exact) mass is 408 g/mol. The summed E-state index contributed by atoms with van der Waals surface area (Å²) in [4.78, 5) is 17.1. The summed E-state index contributed by atoms with van der Waals surface area (Å²) in [7, 11) is 3.54. The van der Waals surface area contributed by atoms with Gasteiger partial charge in [0.25, 0.3) is 5.91 Å². The fourth-order valence-corrected chi connectivity index (χ4v) is 3.73. The van der Waals surface area contributed by atoms with Crippen LogP contribution >= 0.6 is 0 Å². The van der Waals surface area contributed by atoms with Crippen molar-refractivity contribution in [2.45, 2.75) is 45.6 Å². The molecule has 1 N–H and O–H groups in total. The number of nitrogens with zero attached hydrogens (tertiary/aromatic N) is 3. The second kappa shape index (κ2) is 7.97. The van der Waals surface area contributed by atoms with Gasteiger partial charge in [-0.25, -0.2) is 0 Å². The Kier molecular flexibility index (Phi) is 5.37. The van der Waals surface area contributed by atoms with Crippen molar-refractivity contribution in [3.63, 3.8) is 0 Å². The highest BCUT2D eigenvalue weighted by Gasteiger charge is 2.30. The summed E-state index contributed by atoms with van der Waals surface area (Å²) in [6, 6.07) is 7.50. The third-order valence-corrected chi connectivity index (χ3v) is 5.81. The summed E-state index contributed by atoms with van der Waals surface area (Å²) in [6.45, 7) is 5.91. The van der Waals surface area contributed by atoms with Gasteiger partial charge in [0.05, 0.1) is 18.8 Å². The molecule has 0 bridgehead atoms. The van der Waals surface area contributed by atoms with Crippen LogP contribution in [0, 0.1) is 13.8 Å². The Morgan fingerprint density at radius 2 is 1.93 bits per heavy atom. The molecule has 0 unspecified atom stereocenters. The van der Waals surface area contributed by atoms with Crippen molar-refractivity contribution in [1.29, 1.82) is 0 Å². The van der Waals surface area contributed by atoms with Gasteiger partial charge in [-0.1, -0.05) is 12.1 Å². The molecule has 1 aliphatic rings. The highest BCUT2D eigenvalue weighted by Crippen LogP contribution is 2.43. The Morgan fingerprint density at radius 3 is 2.57 bits per heavy atom. The van der Waals surface area contributed by atoms with Gasteiger partial charge in [-0.15, -0.1) is 0 Å². The van der Waals surface area contributed by atoms with E-state index in [4.69, 9.17) is 9.47 Å². The first-order valence-electron chi connectivity index (χ1n) is 10.3. The van der Waals surface area contributed by atoms with E-state index in [1.165, 1.54) is 12.8 Å². The fourth-order valence-electron chi connectivity index (χ4n) is 3.73. The number of aryl methyl sites for hydroxylation is 2. The zero-order chi connectivity index (χ0) is 21.4. The minimum Gasteiger partial charge on any atom is -0.497 e. The average molecular weight is 409 g/mol. The van der Waals surface area contributed by atoms with E-state index < -0.39 is 0 Å². The van der Waals surface area contributed by atoms with E-state index in [0.717, 1.165) is 39.2 Å². The van der Waals surface area contributed by atoms with E-state index in [1.807, 2.05) is 49.8 Å². The predicted molar refractivity (Wildman–Crippen MR) is 115 cm³/mol. The molecule has 4 rings (SSSR count). The summed E-state index contributed by atoms with van der Waals surface area (Å²) in [5.41, 5.74) is 5.02. The molecule has 2 heterocycles. The van der Waals surface area contributed by atoms with E-state index in [0.29, 0.717) is 11.8 Å². The molecule has 158 valence electrons. The van der Waals surface area contributed by atoms with Crippen LogP contribution in [0.5, 0.6) is 11.6 Å². The van der Waals surface area contributed by atoms with Crippen molar-refractivity contribution in [3.05, 3.63) is 46.6 Å². The Balaban J connectivity index is 1.45. The third-order valence-electron chi connectivity index (χ3n) is 5.81. The van der Waals surface area contributed by atoms with E-state index in [1.54, 1.807) is 7.11 Å². The van der Waals surface area contributed by atoms with E-state index >= 15 is 0 Å². The number of carbonyl (C=O) groups is 1. The Hall–Kier alpha value is -3.09. The molecule has 1 fully saturated rings. The lowest BCUT2D eigenvalue weighted by Crippen LogP contribution is -2.31. The van der Waals surface area contributed by atoms with Crippen LogP contribution in [0.15, 0.2) is 24.3 Å². The molecule has 1 amide bonds. The van der Waals surface area contributed by atoms with Crippen LogP contribution in [-0.4, -0.2) is 34.4 Å². The van der Waals surface area contributed by atoms with Gasteiger partial charge in [-0.05, 0) is 56.9 Å². The molecule has 7 nitrogen and oxygen atoms in total. The molecule has 0 spiro atoms. The van der Waals surface area contributed by atoms with Crippen LogP contribution in [0.1, 0.15) is 54.1 Å². The summed E-state index contributed by atoms with van der Waals surface area (Å²) < 4.78 is 12.8. The molecule has 7 heteroatoms. The van der Waals surface area contributed by atoms with Gasteiger partial charge in [0.15, 0.2) is 12.3 Å². The Morgan fingerprint density at radius 1 is 1.23 bits per heavy atom. The number of carbonyl (C=O) groups excluding carboxylic acids is 1. The summed E-state index contributed by atoms with van der Waals surface area (Å²) >= 11 is 0. The summed E-state index contributed by atoms with van der Waals surface area (Å²) in [5.74, 6) is 1.62. The molecular weight excluding hydrogens is 380 g/mol. The Bertz CT molecular complexity index is 1080. The molecule has 30 heavy (non-hydrogen) atoms. The van der Waals surface area contributed by atoms with Gasteiger partial charge in [-0.2, -0.15) is 10.1 Å². The minimum absolute atomic E-state index is 0.0907. The second-order valence-corrected chi connectivity index (χ2v) is 8.00. The van der Waals surface area contributed by atoms with Crippen molar-refractivity contribution in [2.24, 2.45) is 7.05 Å². The number of hydrogen-bond acceptors (Lipinski definition) is 5. The standard InChI is InChI=1S/C23H28N4O3/c1-13-14(2)23(25-22-20(13)21(17-6-7-17)26-27(22)4)30-12-19(28)24-15(3)16-8-10-18(29-5)11-9-16/h8-11,15,17H,6-7,12H2,1-5H3,(H,24,28)/t15-/m0/s1. The maximum absolute atomic E-state index is 12.4. The lowest BCUT2D eigenvalue weighted by molar-refractivity contribution is -0.123. The van der Waals surface area contributed by atoms with E-state index in [9.17, 15) is 4.79 Å². The van der Waals surface area contributed by atoms with Crippen LogP contribution in [0.25, 0.3) is 11.0 Å². The second-order valence-electron chi connectivity index (χ2n) is 8.00. The molecule has 1 atom stereocenters. The SMILES string of the molecule is COc1ccc([C@H](C)NC(=O)COc2nc3c(c(C4CC4)nn3C)c(C)c2C)cc1. The smallest absolute Gasteiger partial charge is 0.258 e. The predicted octanol–water partition coefficient (Wildman–Crippen LogP) is 3.73. The number of nitrogens with one attached hydrogen (secondary N) is 1. The van der Waals surface area contributed by atoms with Gasteiger partial charge in [-0.3, -0.25) is 9.48 Å². The number of ether oxygens (including phenoxy) is 2. The van der Waals surface area contributed by atoms with Crippen LogP contribution in [0.2, 0.25) is 0 Å². The summed E-state index contributed by atoms with van der Waals surface area (Å²) in [6.07, 6.45) is 2.38. The van der Waals surface area contributed by atoms with Gasteiger partial charge >= 0.3 is 0 Å². The number of benzene rings is 1.